The van der Waals surface area contributed by atoms with Gasteiger partial charge >= 0.3 is 0 Å². The van der Waals surface area contributed by atoms with Gasteiger partial charge in [0.2, 0.25) is 0 Å². The highest BCUT2D eigenvalue weighted by Gasteiger charge is 2.17. The molecule has 0 aliphatic carbocycles. The predicted octanol–water partition coefficient (Wildman–Crippen LogP) is 2.58. The van der Waals surface area contributed by atoms with Crippen molar-refractivity contribution in [3.8, 4) is 5.75 Å². The van der Waals surface area contributed by atoms with E-state index in [1.165, 1.54) is 24.3 Å². The van der Waals surface area contributed by atoms with Crippen molar-refractivity contribution < 1.29 is 35.5 Å². The molecule has 0 atom stereocenters. The average molecular weight is 481 g/mol. The van der Waals surface area contributed by atoms with Crippen LogP contribution in [0.5, 0.6) is 5.75 Å². The molecule has 12 heteroatoms. The van der Waals surface area contributed by atoms with Gasteiger partial charge in [-0.25, -0.2) is 0 Å². The molecule has 0 heterocycles. The molecule has 3 aromatic rings. The van der Waals surface area contributed by atoms with Crippen molar-refractivity contribution in [1.82, 2.24) is 0 Å². The van der Waals surface area contributed by atoms with Gasteiger partial charge in [0.25, 0.3) is 26.1 Å². The van der Waals surface area contributed by atoms with Crippen LogP contribution in [-0.4, -0.2) is 44.2 Å². The van der Waals surface area contributed by atoms with Crippen molar-refractivity contribution >= 4 is 48.3 Å². The van der Waals surface area contributed by atoms with Gasteiger partial charge in [-0.15, -0.1) is 0 Å². The van der Waals surface area contributed by atoms with Gasteiger partial charge in [-0.3, -0.25) is 13.9 Å². The number of nitrogens with two attached hydrogens (primary N) is 1. The zero-order valence-corrected chi connectivity index (χ0v) is 18.2. The summed E-state index contributed by atoms with van der Waals surface area (Å²) in [4.78, 5) is 12.0. The molecule has 0 aromatic heterocycles. The van der Waals surface area contributed by atoms with Gasteiger partial charge in [0, 0.05) is 28.4 Å². The minimum atomic E-state index is -4.60. The van der Waals surface area contributed by atoms with E-state index in [-0.39, 0.29) is 24.2 Å². The molecule has 0 spiro atoms. The van der Waals surface area contributed by atoms with Gasteiger partial charge in [0.15, 0.2) is 0 Å². The fraction of sp³-hybridized carbons (Fsp3) is 0.150. The number of rotatable bonds is 8. The summed E-state index contributed by atoms with van der Waals surface area (Å²) < 4.78 is 69.0. The topological polar surface area (TPSA) is 173 Å². The van der Waals surface area contributed by atoms with Crippen LogP contribution in [0.4, 0.5) is 11.4 Å². The van der Waals surface area contributed by atoms with Crippen LogP contribution in [0.3, 0.4) is 0 Å². The molecule has 170 valence electrons. The minimum absolute atomic E-state index is 0.0320. The van der Waals surface area contributed by atoms with E-state index >= 15 is 0 Å². The predicted molar refractivity (Wildman–Crippen MR) is 119 cm³/mol. The Bertz CT molecular complexity index is 1370. The highest BCUT2D eigenvalue weighted by molar-refractivity contribution is 7.86. The van der Waals surface area contributed by atoms with E-state index in [9.17, 15) is 26.2 Å². The summed E-state index contributed by atoms with van der Waals surface area (Å²) in [5.74, 6) is -0.869. The van der Waals surface area contributed by atoms with E-state index in [4.69, 9.17) is 15.0 Å². The molecule has 5 N–H and O–H groups in total. The number of benzene rings is 3. The number of anilines is 2. The Kier molecular flexibility index (Phi) is 6.69. The Morgan fingerprint density at radius 2 is 1.66 bits per heavy atom. The van der Waals surface area contributed by atoms with Crippen molar-refractivity contribution in [2.24, 2.45) is 0 Å². The Balaban J connectivity index is 1.90. The summed E-state index contributed by atoms with van der Waals surface area (Å²) in [7, 11) is -8.75. The lowest BCUT2D eigenvalue weighted by molar-refractivity contribution is 0.102. The van der Waals surface area contributed by atoms with Crippen LogP contribution in [0.1, 0.15) is 16.8 Å². The number of nitrogen functional groups attached to an aromatic ring is 1. The molecule has 10 nitrogen and oxygen atoms in total. The number of fused-ring (bicyclic) bond motifs is 1. The van der Waals surface area contributed by atoms with Crippen LogP contribution < -0.4 is 15.8 Å². The van der Waals surface area contributed by atoms with Crippen LogP contribution >= 0.6 is 0 Å². The molecule has 0 radical (unpaired) electrons. The summed E-state index contributed by atoms with van der Waals surface area (Å²) in [6.07, 6.45) is -0.0320. The van der Waals surface area contributed by atoms with E-state index in [0.29, 0.717) is 22.3 Å². The van der Waals surface area contributed by atoms with Crippen LogP contribution in [0.15, 0.2) is 59.5 Å². The first kappa shape index (κ1) is 23.5. The Labute approximate surface area is 184 Å². The molecule has 1 amide bonds. The molecule has 32 heavy (non-hydrogen) atoms. The minimum Gasteiger partial charge on any atom is -0.493 e. The van der Waals surface area contributed by atoms with Crippen LogP contribution in [-0.2, 0) is 20.2 Å². The van der Waals surface area contributed by atoms with Crippen molar-refractivity contribution in [2.75, 3.05) is 23.4 Å². The maximum atomic E-state index is 12.4. The zero-order chi connectivity index (χ0) is 23.5. The Hall–Kier alpha value is -3.19. The number of ether oxygens (including phenoxy) is 1. The fourth-order valence-electron chi connectivity index (χ4n) is 2.95. The van der Waals surface area contributed by atoms with Gasteiger partial charge in [0.1, 0.15) is 10.6 Å². The second kappa shape index (κ2) is 9.12. The van der Waals surface area contributed by atoms with Crippen molar-refractivity contribution in [3.05, 3.63) is 60.2 Å². The van der Waals surface area contributed by atoms with Crippen molar-refractivity contribution in [2.45, 2.75) is 11.3 Å². The van der Waals surface area contributed by atoms with E-state index < -0.39 is 36.8 Å². The zero-order valence-electron chi connectivity index (χ0n) is 16.6. The Morgan fingerprint density at radius 1 is 0.969 bits per heavy atom. The van der Waals surface area contributed by atoms with Crippen LogP contribution in [0.2, 0.25) is 0 Å². The molecular weight excluding hydrogens is 460 g/mol. The molecule has 0 unspecified atom stereocenters. The monoisotopic (exact) mass is 480 g/mol. The highest BCUT2D eigenvalue weighted by atomic mass is 32.2. The maximum Gasteiger partial charge on any atom is 0.295 e. The number of hydrogen-bond acceptors (Lipinski definition) is 7. The average Bonchev–Trinajstić information content (AvgIpc) is 2.69. The third-order valence-electron chi connectivity index (χ3n) is 4.41. The first-order valence-corrected chi connectivity index (χ1v) is 12.3. The van der Waals surface area contributed by atoms with E-state index in [2.05, 4.69) is 5.32 Å². The first-order valence-electron chi connectivity index (χ1n) is 9.22. The standard InChI is InChI=1S/C20H20N2O8S2/c21-15-4-2-13(3-5-15)20(23)22-16-6-7-18-14(10-16)11-17(12-19(18)32(27,28)29)30-8-1-9-31(24,25)26/h2-7,10-12H,1,8-9,21H2,(H,22,23)(H,24,25,26)(H,27,28,29). The number of hydrogen-bond donors (Lipinski definition) is 4. The van der Waals surface area contributed by atoms with Crippen LogP contribution in [0.25, 0.3) is 10.8 Å². The molecular formula is C20H20N2O8S2. The van der Waals surface area contributed by atoms with E-state index in [1.807, 2.05) is 0 Å². The molecule has 0 bridgehead atoms. The second-order valence-electron chi connectivity index (χ2n) is 6.90. The van der Waals surface area contributed by atoms with Crippen LogP contribution in [0, 0.1) is 0 Å². The van der Waals surface area contributed by atoms with E-state index in [1.54, 1.807) is 24.3 Å². The van der Waals surface area contributed by atoms with Gasteiger partial charge in [-0.2, -0.15) is 16.8 Å². The third kappa shape index (κ3) is 6.17. The summed E-state index contributed by atoms with van der Waals surface area (Å²) in [5.41, 5.74) is 6.86. The molecule has 0 aliphatic heterocycles. The number of amides is 1. The molecule has 0 aliphatic rings. The summed E-state index contributed by atoms with van der Waals surface area (Å²) >= 11 is 0. The van der Waals surface area contributed by atoms with Crippen molar-refractivity contribution in [3.63, 3.8) is 0 Å². The highest BCUT2D eigenvalue weighted by Crippen LogP contribution is 2.31. The fourth-order valence-corrected chi connectivity index (χ4v) is 4.16. The third-order valence-corrected chi connectivity index (χ3v) is 6.11. The number of nitrogens with one attached hydrogen (secondary N) is 1. The number of carbonyl (C=O) groups excluding carboxylic acids is 1. The summed E-state index contributed by atoms with van der Waals surface area (Å²) in [6.45, 7) is -0.121. The lowest BCUT2D eigenvalue weighted by atomic mass is 10.1. The second-order valence-corrected chi connectivity index (χ2v) is 9.86. The van der Waals surface area contributed by atoms with Gasteiger partial charge in [-0.1, -0.05) is 6.07 Å². The van der Waals surface area contributed by atoms with Gasteiger partial charge in [0.05, 0.1) is 12.4 Å². The van der Waals surface area contributed by atoms with E-state index in [0.717, 1.165) is 6.07 Å². The lowest BCUT2D eigenvalue weighted by Gasteiger charge is -2.12. The molecule has 3 rings (SSSR count). The summed E-state index contributed by atoms with van der Waals surface area (Å²) in [6, 6.07) is 13.3. The maximum absolute atomic E-state index is 12.4. The quantitative estimate of drug-likeness (QED) is 0.215. The normalized spacial score (nSPS) is 11.9. The molecule has 3 aromatic carbocycles. The Morgan fingerprint density at radius 3 is 2.28 bits per heavy atom. The summed E-state index contributed by atoms with van der Waals surface area (Å²) in [5, 5.41) is 3.23. The molecule has 0 saturated carbocycles. The van der Waals surface area contributed by atoms with Gasteiger partial charge in [-0.05, 0) is 54.3 Å². The number of carbonyl (C=O) groups is 1. The molecule has 0 saturated heterocycles. The molecule has 0 fully saturated rings. The smallest absolute Gasteiger partial charge is 0.295 e. The lowest BCUT2D eigenvalue weighted by Crippen LogP contribution is -2.12. The largest absolute Gasteiger partial charge is 0.493 e. The van der Waals surface area contributed by atoms with Crippen molar-refractivity contribution in [1.29, 1.82) is 0 Å². The SMILES string of the molecule is Nc1ccc(C(=O)Nc2ccc3c(S(=O)(=O)O)cc(OCCCS(=O)(=O)O)cc3c2)cc1. The van der Waals surface area contributed by atoms with Gasteiger partial charge < -0.3 is 15.8 Å². The first-order chi connectivity index (χ1) is 14.9.